The lowest BCUT2D eigenvalue weighted by atomic mass is 10.2. The second-order valence-corrected chi connectivity index (χ2v) is 5.30. The minimum absolute atomic E-state index is 0.0939. The molecule has 7 heteroatoms. The van der Waals surface area contributed by atoms with Crippen LogP contribution in [0.5, 0.6) is 0 Å². The third kappa shape index (κ3) is 4.54. The lowest BCUT2D eigenvalue weighted by Crippen LogP contribution is -2.01. The molecule has 3 aromatic rings. The molecular formula is C18H18N2O5. The van der Waals surface area contributed by atoms with Gasteiger partial charge in [-0.25, -0.2) is 14.8 Å². The van der Waals surface area contributed by atoms with E-state index in [-0.39, 0.29) is 11.6 Å². The van der Waals surface area contributed by atoms with E-state index in [9.17, 15) is 4.79 Å². The molecular weight excluding hydrogens is 324 g/mol. The van der Waals surface area contributed by atoms with Gasteiger partial charge in [0.2, 0.25) is 5.89 Å². The van der Waals surface area contributed by atoms with Gasteiger partial charge in [0.05, 0.1) is 13.7 Å². The van der Waals surface area contributed by atoms with E-state index in [1.807, 2.05) is 30.3 Å². The minimum Gasteiger partial charge on any atom is -0.464 e. The number of carbonyl (C=O) groups excluding carboxylic acids is 1. The van der Waals surface area contributed by atoms with Crippen molar-refractivity contribution in [2.75, 3.05) is 13.7 Å². The number of benzene rings is 1. The van der Waals surface area contributed by atoms with Crippen molar-refractivity contribution in [2.45, 2.75) is 19.4 Å². The number of oxazole rings is 2. The van der Waals surface area contributed by atoms with Crippen LogP contribution in [-0.4, -0.2) is 29.7 Å². The first-order chi connectivity index (χ1) is 12.3. The van der Waals surface area contributed by atoms with Crippen molar-refractivity contribution in [2.24, 2.45) is 0 Å². The standard InChI is InChI=1S/C18H18N2O5/c1-22-18(21)15-12-25-17(20-15)14-11-24-16(19-14)8-5-9-23-10-13-6-3-2-4-7-13/h2-4,6-7,11-12H,5,8-10H2,1H3. The zero-order valence-corrected chi connectivity index (χ0v) is 13.8. The molecule has 0 saturated carbocycles. The third-order valence-electron chi connectivity index (χ3n) is 3.46. The second kappa shape index (κ2) is 8.25. The van der Waals surface area contributed by atoms with Crippen molar-refractivity contribution in [3.05, 3.63) is 60.0 Å². The van der Waals surface area contributed by atoms with E-state index in [1.54, 1.807) is 0 Å². The first kappa shape index (κ1) is 16.9. The van der Waals surface area contributed by atoms with Crippen molar-refractivity contribution in [3.63, 3.8) is 0 Å². The number of esters is 1. The topological polar surface area (TPSA) is 87.6 Å². The summed E-state index contributed by atoms with van der Waals surface area (Å²) in [5.74, 6) is 0.223. The molecule has 1 aromatic carbocycles. The van der Waals surface area contributed by atoms with Gasteiger partial charge < -0.3 is 18.3 Å². The summed E-state index contributed by atoms with van der Waals surface area (Å²) in [7, 11) is 1.28. The van der Waals surface area contributed by atoms with Crippen LogP contribution < -0.4 is 0 Å². The summed E-state index contributed by atoms with van der Waals surface area (Å²) in [6.07, 6.45) is 4.10. The molecule has 0 saturated heterocycles. The SMILES string of the molecule is COC(=O)c1coc(-c2coc(CCCOCc3ccccc3)n2)n1. The smallest absolute Gasteiger partial charge is 0.360 e. The Balaban J connectivity index is 1.45. The highest BCUT2D eigenvalue weighted by Gasteiger charge is 2.16. The Morgan fingerprint density at radius 1 is 1.12 bits per heavy atom. The van der Waals surface area contributed by atoms with Gasteiger partial charge in [-0.05, 0) is 12.0 Å². The number of rotatable bonds is 8. The molecule has 0 unspecified atom stereocenters. The van der Waals surface area contributed by atoms with Crippen LogP contribution in [0.1, 0.15) is 28.4 Å². The van der Waals surface area contributed by atoms with Crippen LogP contribution in [0.4, 0.5) is 0 Å². The third-order valence-corrected chi connectivity index (χ3v) is 3.46. The number of nitrogens with zero attached hydrogens (tertiary/aromatic N) is 2. The van der Waals surface area contributed by atoms with Crippen LogP contribution in [0.25, 0.3) is 11.6 Å². The average Bonchev–Trinajstić information content (AvgIpc) is 3.31. The van der Waals surface area contributed by atoms with E-state index in [1.165, 1.54) is 19.6 Å². The number of carbonyl (C=O) groups is 1. The molecule has 0 fully saturated rings. The fourth-order valence-corrected chi connectivity index (χ4v) is 2.20. The second-order valence-electron chi connectivity index (χ2n) is 5.30. The lowest BCUT2D eigenvalue weighted by molar-refractivity contribution is 0.0594. The molecule has 0 bridgehead atoms. The largest absolute Gasteiger partial charge is 0.464 e. The Bertz CT molecular complexity index is 810. The normalized spacial score (nSPS) is 10.8. The van der Waals surface area contributed by atoms with Gasteiger partial charge in [0.25, 0.3) is 0 Å². The summed E-state index contributed by atoms with van der Waals surface area (Å²) in [6, 6.07) is 10.0. The molecule has 0 atom stereocenters. The van der Waals surface area contributed by atoms with E-state index in [4.69, 9.17) is 13.6 Å². The van der Waals surface area contributed by atoms with Gasteiger partial charge in [0, 0.05) is 13.0 Å². The average molecular weight is 342 g/mol. The summed E-state index contributed by atoms with van der Waals surface area (Å²) in [6.45, 7) is 1.20. The van der Waals surface area contributed by atoms with E-state index in [0.717, 1.165) is 12.0 Å². The molecule has 2 aromatic heterocycles. The molecule has 0 radical (unpaired) electrons. The maximum Gasteiger partial charge on any atom is 0.360 e. The molecule has 130 valence electrons. The van der Waals surface area contributed by atoms with Gasteiger partial charge >= 0.3 is 5.97 Å². The van der Waals surface area contributed by atoms with E-state index in [2.05, 4.69) is 14.7 Å². The van der Waals surface area contributed by atoms with Crippen molar-refractivity contribution in [3.8, 4) is 11.6 Å². The molecule has 25 heavy (non-hydrogen) atoms. The zero-order valence-electron chi connectivity index (χ0n) is 13.8. The van der Waals surface area contributed by atoms with Gasteiger partial charge in [0.15, 0.2) is 17.3 Å². The van der Waals surface area contributed by atoms with Gasteiger partial charge in [-0.1, -0.05) is 30.3 Å². The van der Waals surface area contributed by atoms with Crippen molar-refractivity contribution in [1.29, 1.82) is 0 Å². The molecule has 0 spiro atoms. The van der Waals surface area contributed by atoms with E-state index < -0.39 is 5.97 Å². The number of ether oxygens (including phenoxy) is 2. The molecule has 0 aliphatic heterocycles. The monoisotopic (exact) mass is 342 g/mol. The van der Waals surface area contributed by atoms with Gasteiger partial charge in [-0.3, -0.25) is 0 Å². The molecule has 0 N–H and O–H groups in total. The highest BCUT2D eigenvalue weighted by molar-refractivity contribution is 5.87. The summed E-state index contributed by atoms with van der Waals surface area (Å²) >= 11 is 0. The molecule has 7 nitrogen and oxygen atoms in total. The summed E-state index contributed by atoms with van der Waals surface area (Å²) in [5, 5.41) is 0. The van der Waals surface area contributed by atoms with Crippen molar-refractivity contribution >= 4 is 5.97 Å². The quantitative estimate of drug-likeness (QED) is 0.458. The number of hydrogen-bond acceptors (Lipinski definition) is 7. The number of aromatic nitrogens is 2. The highest BCUT2D eigenvalue weighted by atomic mass is 16.5. The molecule has 0 amide bonds. The first-order valence-electron chi connectivity index (χ1n) is 7.86. The van der Waals surface area contributed by atoms with Crippen LogP contribution in [0.2, 0.25) is 0 Å². The minimum atomic E-state index is -0.561. The Morgan fingerprint density at radius 3 is 2.76 bits per heavy atom. The predicted molar refractivity (Wildman–Crippen MR) is 87.8 cm³/mol. The maximum atomic E-state index is 11.4. The summed E-state index contributed by atoms with van der Waals surface area (Å²) in [4.78, 5) is 19.7. The van der Waals surface area contributed by atoms with Crippen LogP contribution in [0, 0.1) is 0 Å². The highest BCUT2D eigenvalue weighted by Crippen LogP contribution is 2.19. The van der Waals surface area contributed by atoms with Crippen LogP contribution in [0.15, 0.2) is 51.7 Å². The maximum absolute atomic E-state index is 11.4. The fourth-order valence-electron chi connectivity index (χ4n) is 2.20. The van der Waals surface area contributed by atoms with Crippen LogP contribution in [0.3, 0.4) is 0 Å². The lowest BCUT2D eigenvalue weighted by Gasteiger charge is -2.02. The molecule has 0 aliphatic rings. The fraction of sp³-hybridized carbons (Fsp3) is 0.278. The number of methoxy groups -OCH3 is 1. The van der Waals surface area contributed by atoms with Crippen LogP contribution in [-0.2, 0) is 22.5 Å². The number of aryl methyl sites for hydroxylation is 1. The Hall–Kier alpha value is -2.93. The zero-order chi connectivity index (χ0) is 17.5. The first-order valence-corrected chi connectivity index (χ1v) is 7.86. The van der Waals surface area contributed by atoms with E-state index >= 15 is 0 Å². The van der Waals surface area contributed by atoms with Crippen molar-refractivity contribution < 1.29 is 23.1 Å². The molecule has 2 heterocycles. The van der Waals surface area contributed by atoms with Gasteiger partial charge in [-0.2, -0.15) is 0 Å². The molecule has 3 rings (SSSR count). The molecule has 0 aliphatic carbocycles. The van der Waals surface area contributed by atoms with Crippen LogP contribution >= 0.6 is 0 Å². The Morgan fingerprint density at radius 2 is 1.96 bits per heavy atom. The van der Waals surface area contributed by atoms with Gasteiger partial charge in [-0.15, -0.1) is 0 Å². The van der Waals surface area contributed by atoms with Gasteiger partial charge in [0.1, 0.15) is 12.5 Å². The van der Waals surface area contributed by atoms with E-state index in [0.29, 0.717) is 31.2 Å². The van der Waals surface area contributed by atoms with Crippen molar-refractivity contribution in [1.82, 2.24) is 9.97 Å². The Kier molecular flexibility index (Phi) is 5.58. The summed E-state index contributed by atoms with van der Waals surface area (Å²) in [5.41, 5.74) is 1.68. The summed E-state index contributed by atoms with van der Waals surface area (Å²) < 4.78 is 20.8. The number of hydrogen-bond donors (Lipinski definition) is 0. The predicted octanol–water partition coefficient (Wildman–Crippen LogP) is 3.27. The Labute approximate surface area is 144 Å².